The minimum atomic E-state index is -0.961. The average molecular weight is 422 g/mol. The Hall–Kier alpha value is -3.47. The zero-order chi connectivity index (χ0) is 21.3. The summed E-state index contributed by atoms with van der Waals surface area (Å²) in [6, 6.07) is 16.9. The summed E-state index contributed by atoms with van der Waals surface area (Å²) in [5.74, 6) is -1.19. The van der Waals surface area contributed by atoms with Crippen LogP contribution in [0.2, 0.25) is 5.15 Å². The van der Waals surface area contributed by atoms with Crippen LogP contribution in [0.5, 0.6) is 0 Å². The summed E-state index contributed by atoms with van der Waals surface area (Å²) in [5, 5.41) is 25.3. The van der Waals surface area contributed by atoms with Crippen LogP contribution >= 0.6 is 11.6 Å². The molecule has 2 aromatic carbocycles. The molecular weight excluding hydrogens is 407 g/mol. The topological polar surface area (TPSA) is 92.1 Å². The zero-order valence-electron chi connectivity index (χ0n) is 15.5. The molecule has 0 amide bonds. The number of carbonyl (C=O) groups is 1. The maximum Gasteiger partial charge on any atom is 0.186 e. The molecule has 0 saturated carbocycles. The standard InChI is InChI=1S/C22H15ClFN4O2/c23-21-14(12-25)10-16(24)22(27-21)26-17(13-6-2-1-3-7-13)11-19-20(29)15-8-4-5-9-18(15)28(19)30/h1-10,17,19H,11H2,(H,26,27)/q-1. The van der Waals surface area contributed by atoms with Crippen molar-refractivity contribution < 1.29 is 9.18 Å². The summed E-state index contributed by atoms with van der Waals surface area (Å²) in [5.41, 5.74) is 1.36. The van der Waals surface area contributed by atoms with Crippen LogP contribution in [0.1, 0.15) is 33.9 Å². The Morgan fingerprint density at radius 3 is 2.63 bits per heavy atom. The van der Waals surface area contributed by atoms with E-state index in [9.17, 15) is 14.4 Å². The Balaban J connectivity index is 1.67. The lowest BCUT2D eigenvalue weighted by Gasteiger charge is -2.34. The fourth-order valence-electron chi connectivity index (χ4n) is 3.53. The Bertz CT molecular complexity index is 1150. The Morgan fingerprint density at radius 1 is 1.23 bits per heavy atom. The van der Waals surface area contributed by atoms with E-state index in [0.717, 1.165) is 11.6 Å². The third-order valence-electron chi connectivity index (χ3n) is 5.01. The SMILES string of the molecule is N#Cc1cc(F)c(NC(CC2C(=O)c3ccccc3N2[O-])c2ccccc2)nc1Cl. The summed E-state index contributed by atoms with van der Waals surface area (Å²) >= 11 is 5.96. The largest absolute Gasteiger partial charge is 0.758 e. The number of pyridine rings is 1. The van der Waals surface area contributed by atoms with E-state index in [1.165, 1.54) is 0 Å². The molecule has 1 N–H and O–H groups in total. The molecule has 2 heterocycles. The van der Waals surface area contributed by atoms with E-state index in [0.29, 0.717) is 16.3 Å². The molecule has 3 aromatic rings. The molecule has 1 aliphatic heterocycles. The van der Waals surface area contributed by atoms with Gasteiger partial charge in [-0.15, -0.1) is 0 Å². The number of aromatic nitrogens is 1. The number of Topliss-reactive ketones (excluding diaryl/α,β-unsaturated/α-hetero) is 1. The van der Waals surface area contributed by atoms with Crippen molar-refractivity contribution in [2.24, 2.45) is 0 Å². The van der Waals surface area contributed by atoms with Crippen molar-refractivity contribution in [2.75, 3.05) is 10.4 Å². The maximum absolute atomic E-state index is 14.5. The van der Waals surface area contributed by atoms with Crippen LogP contribution < -0.4 is 10.4 Å². The fourth-order valence-corrected chi connectivity index (χ4v) is 3.71. The van der Waals surface area contributed by atoms with E-state index in [2.05, 4.69) is 10.3 Å². The number of nitrogens with one attached hydrogen (secondary N) is 1. The van der Waals surface area contributed by atoms with Gasteiger partial charge in [-0.25, -0.2) is 9.37 Å². The van der Waals surface area contributed by atoms with Crippen molar-refractivity contribution in [1.82, 2.24) is 4.98 Å². The molecule has 0 spiro atoms. The number of benzene rings is 2. The van der Waals surface area contributed by atoms with Gasteiger partial charge < -0.3 is 15.6 Å². The first kappa shape index (κ1) is 19.8. The number of nitriles is 1. The summed E-state index contributed by atoms with van der Waals surface area (Å²) < 4.78 is 14.5. The molecule has 2 atom stereocenters. The van der Waals surface area contributed by atoms with Crippen LogP contribution in [0, 0.1) is 22.4 Å². The van der Waals surface area contributed by atoms with Crippen LogP contribution in [-0.4, -0.2) is 16.8 Å². The lowest BCUT2D eigenvalue weighted by atomic mass is 9.96. The average Bonchev–Trinajstić information content (AvgIpc) is 3.01. The van der Waals surface area contributed by atoms with Gasteiger partial charge in [-0.2, -0.15) is 5.26 Å². The highest BCUT2D eigenvalue weighted by atomic mass is 35.5. The monoisotopic (exact) mass is 421 g/mol. The summed E-state index contributed by atoms with van der Waals surface area (Å²) in [6.07, 6.45) is 0.0831. The highest BCUT2D eigenvalue weighted by Crippen LogP contribution is 2.36. The van der Waals surface area contributed by atoms with Crippen molar-refractivity contribution in [3.8, 4) is 6.07 Å². The van der Waals surface area contributed by atoms with Crippen LogP contribution in [0.3, 0.4) is 0 Å². The highest BCUT2D eigenvalue weighted by Gasteiger charge is 2.34. The third-order valence-corrected chi connectivity index (χ3v) is 5.30. The number of anilines is 2. The number of nitrogens with zero attached hydrogens (tertiary/aromatic N) is 3. The second kappa shape index (κ2) is 8.11. The Kier molecular flexibility index (Phi) is 5.36. The van der Waals surface area contributed by atoms with Crippen molar-refractivity contribution in [1.29, 1.82) is 5.26 Å². The van der Waals surface area contributed by atoms with Gasteiger partial charge in [-0.05, 0) is 30.2 Å². The van der Waals surface area contributed by atoms with Gasteiger partial charge in [0.2, 0.25) is 0 Å². The molecule has 0 radical (unpaired) electrons. The first-order chi connectivity index (χ1) is 14.5. The van der Waals surface area contributed by atoms with Crippen LogP contribution in [0.15, 0.2) is 60.7 Å². The van der Waals surface area contributed by atoms with Crippen molar-refractivity contribution in [2.45, 2.75) is 18.5 Å². The van der Waals surface area contributed by atoms with Crippen LogP contribution in [0.25, 0.3) is 0 Å². The van der Waals surface area contributed by atoms with E-state index in [1.54, 1.807) is 42.5 Å². The minimum absolute atomic E-state index is 0.0804. The Labute approximate surface area is 177 Å². The number of rotatable bonds is 5. The molecule has 1 aromatic heterocycles. The molecule has 0 fully saturated rings. The first-order valence-electron chi connectivity index (χ1n) is 9.17. The predicted octanol–water partition coefficient (Wildman–Crippen LogP) is 4.86. The first-order valence-corrected chi connectivity index (χ1v) is 9.54. The van der Waals surface area contributed by atoms with E-state index in [4.69, 9.17) is 16.9 Å². The van der Waals surface area contributed by atoms with E-state index < -0.39 is 17.9 Å². The molecule has 4 rings (SSSR count). The molecule has 8 heteroatoms. The quantitative estimate of drug-likeness (QED) is 0.591. The number of hydrogen-bond acceptors (Lipinski definition) is 6. The second-order valence-corrected chi connectivity index (χ2v) is 7.19. The molecule has 2 unspecified atom stereocenters. The summed E-state index contributed by atoms with van der Waals surface area (Å²) in [6.45, 7) is 0. The minimum Gasteiger partial charge on any atom is -0.758 e. The summed E-state index contributed by atoms with van der Waals surface area (Å²) in [4.78, 5) is 16.8. The molecule has 6 nitrogen and oxygen atoms in total. The van der Waals surface area contributed by atoms with Gasteiger partial charge in [0, 0.05) is 11.3 Å². The fraction of sp³-hybridized carbons (Fsp3) is 0.136. The van der Waals surface area contributed by atoms with Crippen LogP contribution in [0.4, 0.5) is 15.9 Å². The molecule has 150 valence electrons. The van der Waals surface area contributed by atoms with Gasteiger partial charge in [0.15, 0.2) is 17.4 Å². The smallest absolute Gasteiger partial charge is 0.186 e. The molecule has 1 aliphatic rings. The number of ketones is 1. The van der Waals surface area contributed by atoms with Gasteiger partial charge >= 0.3 is 0 Å². The van der Waals surface area contributed by atoms with Crippen LogP contribution in [-0.2, 0) is 0 Å². The highest BCUT2D eigenvalue weighted by molar-refractivity contribution is 6.30. The number of hydrogen-bond donors (Lipinski definition) is 1. The third kappa shape index (κ3) is 3.59. The lowest BCUT2D eigenvalue weighted by Crippen LogP contribution is -2.34. The zero-order valence-corrected chi connectivity index (χ0v) is 16.3. The van der Waals surface area contributed by atoms with Crippen molar-refractivity contribution in [3.63, 3.8) is 0 Å². The van der Waals surface area contributed by atoms with Gasteiger partial charge in [-0.3, -0.25) is 4.79 Å². The molecule has 0 bridgehead atoms. The number of para-hydroxylation sites is 1. The van der Waals surface area contributed by atoms with Gasteiger partial charge in [0.25, 0.3) is 0 Å². The maximum atomic E-state index is 14.5. The van der Waals surface area contributed by atoms with Gasteiger partial charge in [-0.1, -0.05) is 54.1 Å². The van der Waals surface area contributed by atoms with Crippen molar-refractivity contribution >= 4 is 28.9 Å². The predicted molar refractivity (Wildman–Crippen MR) is 112 cm³/mol. The van der Waals surface area contributed by atoms with E-state index >= 15 is 0 Å². The van der Waals surface area contributed by atoms with Gasteiger partial charge in [0.05, 0.1) is 17.6 Å². The number of carbonyl (C=O) groups excluding carboxylic acids is 1. The Morgan fingerprint density at radius 2 is 1.93 bits per heavy atom. The molecule has 30 heavy (non-hydrogen) atoms. The van der Waals surface area contributed by atoms with E-state index in [-0.39, 0.29) is 28.7 Å². The van der Waals surface area contributed by atoms with Gasteiger partial charge in [0.1, 0.15) is 11.2 Å². The lowest BCUT2D eigenvalue weighted by molar-refractivity contribution is 0.0967. The normalized spacial score (nSPS) is 16.1. The molecular formula is C22H15ClFN4O2-. The van der Waals surface area contributed by atoms with Crippen molar-refractivity contribution in [3.05, 3.63) is 93.5 Å². The molecule has 0 saturated heterocycles. The number of fused-ring (bicyclic) bond motifs is 1. The number of hydroxylamine groups is 1. The second-order valence-electron chi connectivity index (χ2n) is 6.84. The summed E-state index contributed by atoms with van der Waals surface area (Å²) in [7, 11) is 0. The number of halogens is 2. The van der Waals surface area contributed by atoms with E-state index in [1.807, 2.05) is 18.2 Å². The molecule has 0 aliphatic carbocycles.